The van der Waals surface area contributed by atoms with Gasteiger partial charge in [-0.1, -0.05) is 18.2 Å². The summed E-state index contributed by atoms with van der Waals surface area (Å²) in [7, 11) is 1.65. The first kappa shape index (κ1) is 13.5. The molecule has 1 heterocycles. The Bertz CT molecular complexity index is 756. The summed E-state index contributed by atoms with van der Waals surface area (Å²) >= 11 is 4.74. The first-order chi connectivity index (χ1) is 9.67. The minimum Gasteiger partial charge on any atom is -0.497 e. The predicted molar refractivity (Wildman–Crippen MR) is 84.4 cm³/mol. The van der Waals surface area contributed by atoms with E-state index in [1.807, 2.05) is 41.8 Å². The highest BCUT2D eigenvalue weighted by atomic mass is 79.9. The third kappa shape index (κ3) is 2.57. The molecule has 1 atom stereocenters. The van der Waals surface area contributed by atoms with Gasteiger partial charge in [0.25, 0.3) is 0 Å². The van der Waals surface area contributed by atoms with Gasteiger partial charge in [0.15, 0.2) is 0 Å². The van der Waals surface area contributed by atoms with E-state index in [0.717, 1.165) is 26.7 Å². The quantitative estimate of drug-likeness (QED) is 0.772. The first-order valence-electron chi connectivity index (χ1n) is 6.04. The molecule has 2 aromatic carbocycles. The van der Waals surface area contributed by atoms with Gasteiger partial charge in [-0.2, -0.15) is 0 Å². The summed E-state index contributed by atoms with van der Waals surface area (Å²) in [5.41, 5.74) is 0.838. The Morgan fingerprint density at radius 3 is 2.65 bits per heavy atom. The SMILES string of the molecule is COc1ccc2cc(C(O)c3nc(Br)cs3)ccc2c1. The van der Waals surface area contributed by atoms with Crippen LogP contribution in [-0.4, -0.2) is 17.2 Å². The van der Waals surface area contributed by atoms with Crippen LogP contribution in [0.3, 0.4) is 0 Å². The van der Waals surface area contributed by atoms with Crippen LogP contribution < -0.4 is 4.74 Å². The van der Waals surface area contributed by atoms with E-state index >= 15 is 0 Å². The zero-order chi connectivity index (χ0) is 14.1. The zero-order valence-corrected chi connectivity index (χ0v) is 13.1. The molecule has 0 amide bonds. The molecule has 3 rings (SSSR count). The molecule has 1 aromatic heterocycles. The maximum atomic E-state index is 10.4. The second-order valence-electron chi connectivity index (χ2n) is 4.38. The van der Waals surface area contributed by atoms with Gasteiger partial charge in [-0.3, -0.25) is 0 Å². The van der Waals surface area contributed by atoms with Gasteiger partial charge < -0.3 is 9.84 Å². The van der Waals surface area contributed by atoms with Gasteiger partial charge in [0, 0.05) is 5.38 Å². The molecule has 0 aliphatic heterocycles. The molecule has 0 aliphatic rings. The third-order valence-electron chi connectivity index (χ3n) is 3.12. The molecule has 0 spiro atoms. The molecular weight excluding hydrogens is 338 g/mol. The zero-order valence-electron chi connectivity index (χ0n) is 10.7. The number of ether oxygens (including phenoxy) is 1. The lowest BCUT2D eigenvalue weighted by Gasteiger charge is -2.09. The lowest BCUT2D eigenvalue weighted by atomic mass is 10.0. The van der Waals surface area contributed by atoms with Crippen molar-refractivity contribution in [3.05, 3.63) is 57.0 Å². The number of halogens is 1. The minimum absolute atomic E-state index is 0.685. The largest absolute Gasteiger partial charge is 0.497 e. The van der Waals surface area contributed by atoms with Crippen molar-refractivity contribution in [1.29, 1.82) is 0 Å². The summed E-state index contributed by atoms with van der Waals surface area (Å²) in [6, 6.07) is 11.8. The van der Waals surface area contributed by atoms with Crippen LogP contribution in [0.5, 0.6) is 5.75 Å². The Balaban J connectivity index is 2.00. The number of nitrogens with zero attached hydrogens (tertiary/aromatic N) is 1. The second-order valence-corrected chi connectivity index (χ2v) is 6.09. The van der Waals surface area contributed by atoms with Crippen molar-refractivity contribution >= 4 is 38.0 Å². The van der Waals surface area contributed by atoms with Crippen LogP contribution in [0.1, 0.15) is 16.7 Å². The van der Waals surface area contributed by atoms with Crippen LogP contribution in [0.15, 0.2) is 46.4 Å². The van der Waals surface area contributed by atoms with Crippen LogP contribution in [0.4, 0.5) is 0 Å². The number of hydrogen-bond acceptors (Lipinski definition) is 4. The molecule has 1 N–H and O–H groups in total. The van der Waals surface area contributed by atoms with E-state index in [-0.39, 0.29) is 0 Å². The van der Waals surface area contributed by atoms with Crippen LogP contribution >= 0.6 is 27.3 Å². The normalized spacial score (nSPS) is 12.6. The number of rotatable bonds is 3. The van der Waals surface area contributed by atoms with Gasteiger partial charge in [-0.05, 0) is 50.5 Å². The highest BCUT2D eigenvalue weighted by molar-refractivity contribution is 9.10. The minimum atomic E-state index is -0.696. The Labute approximate surface area is 129 Å². The highest BCUT2D eigenvalue weighted by Gasteiger charge is 2.14. The van der Waals surface area contributed by atoms with Crippen molar-refractivity contribution in [2.75, 3.05) is 7.11 Å². The van der Waals surface area contributed by atoms with E-state index in [4.69, 9.17) is 4.74 Å². The number of fused-ring (bicyclic) bond motifs is 1. The summed E-state index contributed by atoms with van der Waals surface area (Å²) in [6.45, 7) is 0. The van der Waals surface area contributed by atoms with E-state index in [1.165, 1.54) is 11.3 Å². The van der Waals surface area contributed by atoms with E-state index in [2.05, 4.69) is 20.9 Å². The first-order valence-corrected chi connectivity index (χ1v) is 7.71. The fourth-order valence-electron chi connectivity index (χ4n) is 2.07. The van der Waals surface area contributed by atoms with Crippen molar-refractivity contribution in [3.8, 4) is 5.75 Å². The van der Waals surface area contributed by atoms with Gasteiger partial charge in [-0.15, -0.1) is 11.3 Å². The van der Waals surface area contributed by atoms with E-state index in [9.17, 15) is 5.11 Å². The molecule has 3 aromatic rings. The van der Waals surface area contributed by atoms with Crippen LogP contribution in [-0.2, 0) is 0 Å². The average molecular weight is 350 g/mol. The van der Waals surface area contributed by atoms with Gasteiger partial charge >= 0.3 is 0 Å². The summed E-state index contributed by atoms with van der Waals surface area (Å²) < 4.78 is 5.96. The van der Waals surface area contributed by atoms with Gasteiger partial charge in [0.1, 0.15) is 21.5 Å². The molecule has 0 aliphatic carbocycles. The number of aromatic nitrogens is 1. The molecule has 20 heavy (non-hydrogen) atoms. The summed E-state index contributed by atoms with van der Waals surface area (Å²) in [5, 5.41) is 15.1. The summed E-state index contributed by atoms with van der Waals surface area (Å²) in [6.07, 6.45) is -0.696. The fraction of sp³-hybridized carbons (Fsp3) is 0.133. The molecule has 0 saturated carbocycles. The van der Waals surface area contributed by atoms with Gasteiger partial charge in [-0.25, -0.2) is 4.98 Å². The van der Waals surface area contributed by atoms with Crippen LogP contribution in [0.25, 0.3) is 10.8 Å². The lowest BCUT2D eigenvalue weighted by molar-refractivity contribution is 0.220. The van der Waals surface area contributed by atoms with Crippen molar-refractivity contribution in [2.45, 2.75) is 6.10 Å². The average Bonchev–Trinajstić information content (AvgIpc) is 2.92. The van der Waals surface area contributed by atoms with E-state index in [1.54, 1.807) is 7.11 Å². The number of aliphatic hydroxyl groups excluding tert-OH is 1. The maximum absolute atomic E-state index is 10.4. The van der Waals surface area contributed by atoms with Crippen molar-refractivity contribution in [3.63, 3.8) is 0 Å². The van der Waals surface area contributed by atoms with Gasteiger partial charge in [0.2, 0.25) is 0 Å². The molecule has 0 bridgehead atoms. The predicted octanol–water partition coefficient (Wildman–Crippen LogP) is 4.15. The monoisotopic (exact) mass is 349 g/mol. The summed E-state index contributed by atoms with van der Waals surface area (Å²) in [4.78, 5) is 4.26. The summed E-state index contributed by atoms with van der Waals surface area (Å²) in [5.74, 6) is 0.828. The Morgan fingerprint density at radius 1 is 1.20 bits per heavy atom. The molecule has 3 nitrogen and oxygen atoms in total. The number of benzene rings is 2. The van der Waals surface area contributed by atoms with Crippen LogP contribution in [0, 0.1) is 0 Å². The lowest BCUT2D eigenvalue weighted by Crippen LogP contribution is -1.98. The topological polar surface area (TPSA) is 42.4 Å². The number of hydrogen-bond donors (Lipinski definition) is 1. The molecule has 0 fully saturated rings. The second kappa shape index (κ2) is 5.52. The fourth-order valence-corrected chi connectivity index (χ4v) is 3.35. The third-order valence-corrected chi connectivity index (χ3v) is 4.72. The molecule has 0 saturated heterocycles. The smallest absolute Gasteiger partial charge is 0.131 e. The molecule has 1 unspecified atom stereocenters. The van der Waals surface area contributed by atoms with Crippen molar-refractivity contribution < 1.29 is 9.84 Å². The van der Waals surface area contributed by atoms with Crippen molar-refractivity contribution in [2.24, 2.45) is 0 Å². The maximum Gasteiger partial charge on any atom is 0.131 e. The van der Waals surface area contributed by atoms with Crippen molar-refractivity contribution in [1.82, 2.24) is 4.98 Å². The van der Waals surface area contributed by atoms with E-state index in [0.29, 0.717) is 5.01 Å². The molecule has 0 radical (unpaired) electrons. The standard InChI is InChI=1S/C15H12BrNO2S/c1-19-12-5-4-9-6-11(3-2-10(9)7-12)14(18)15-17-13(16)8-20-15/h2-8,14,18H,1H3. The highest BCUT2D eigenvalue weighted by Crippen LogP contribution is 2.29. The Morgan fingerprint density at radius 2 is 1.95 bits per heavy atom. The molecular formula is C15H12BrNO2S. The molecule has 5 heteroatoms. The Hall–Kier alpha value is -1.43. The van der Waals surface area contributed by atoms with Crippen LogP contribution in [0.2, 0.25) is 0 Å². The van der Waals surface area contributed by atoms with E-state index < -0.39 is 6.10 Å². The number of aliphatic hydroxyl groups is 1. The Kier molecular flexibility index (Phi) is 3.74. The number of thiazole rings is 1. The molecule has 102 valence electrons. The van der Waals surface area contributed by atoms with Gasteiger partial charge in [0.05, 0.1) is 7.11 Å². The number of methoxy groups -OCH3 is 1.